The van der Waals surface area contributed by atoms with Gasteiger partial charge in [-0.3, -0.25) is 0 Å². The van der Waals surface area contributed by atoms with Crippen molar-refractivity contribution in [2.45, 2.75) is 26.4 Å². The van der Waals surface area contributed by atoms with E-state index in [1.807, 2.05) is 19.9 Å². The molecule has 0 spiro atoms. The van der Waals surface area contributed by atoms with Crippen molar-refractivity contribution in [3.63, 3.8) is 0 Å². The first-order valence-corrected chi connectivity index (χ1v) is 5.97. The van der Waals surface area contributed by atoms with Crippen molar-refractivity contribution in [2.75, 3.05) is 11.9 Å². The maximum absolute atomic E-state index is 11.5. The average Bonchev–Trinajstić information content (AvgIpc) is 2.16. The number of ether oxygens (including phenoxy) is 2. The number of carbonyl (C=O) groups is 1. The molecule has 0 bridgehead atoms. The Morgan fingerprint density at radius 1 is 1.60 bits per heavy atom. The van der Waals surface area contributed by atoms with Crippen molar-refractivity contribution < 1.29 is 14.3 Å². The molecule has 0 amide bonds. The lowest BCUT2D eigenvalue weighted by atomic mass is 10.0. The first kappa shape index (κ1) is 12.3. The van der Waals surface area contributed by atoms with Gasteiger partial charge in [-0.25, -0.2) is 4.79 Å². The van der Waals surface area contributed by atoms with Crippen LogP contribution in [-0.4, -0.2) is 23.5 Å². The van der Waals surface area contributed by atoms with Crippen molar-refractivity contribution in [3.05, 3.63) is 23.5 Å². The van der Waals surface area contributed by atoms with Crippen LogP contribution >= 0.6 is 15.9 Å². The van der Waals surface area contributed by atoms with Gasteiger partial charge in [-0.05, 0) is 32.9 Å². The molecule has 4 heteroatoms. The standard InChI is InChI=1S/C11H15BrO3/c1-4-14-10(13)8-5-6-11(2,3)15-9(8)7-12/h5-6H,4,7H2,1-3H3. The van der Waals surface area contributed by atoms with Crippen LogP contribution in [-0.2, 0) is 14.3 Å². The van der Waals surface area contributed by atoms with Crippen LogP contribution < -0.4 is 0 Å². The Kier molecular flexibility index (Phi) is 3.97. The Morgan fingerprint density at radius 2 is 2.27 bits per heavy atom. The third-order valence-electron chi connectivity index (χ3n) is 1.95. The molecule has 1 heterocycles. The summed E-state index contributed by atoms with van der Waals surface area (Å²) < 4.78 is 10.6. The smallest absolute Gasteiger partial charge is 0.341 e. The molecule has 0 aromatic carbocycles. The van der Waals surface area contributed by atoms with Crippen molar-refractivity contribution in [3.8, 4) is 0 Å². The largest absolute Gasteiger partial charge is 0.486 e. The van der Waals surface area contributed by atoms with Gasteiger partial charge in [-0.15, -0.1) is 0 Å². The first-order valence-electron chi connectivity index (χ1n) is 4.84. The average molecular weight is 275 g/mol. The molecule has 0 fully saturated rings. The highest BCUT2D eigenvalue weighted by Crippen LogP contribution is 2.26. The molecule has 1 rings (SSSR count). The van der Waals surface area contributed by atoms with Crippen LogP contribution in [0.1, 0.15) is 20.8 Å². The van der Waals surface area contributed by atoms with Gasteiger partial charge in [-0.1, -0.05) is 15.9 Å². The number of rotatable bonds is 3. The zero-order valence-electron chi connectivity index (χ0n) is 9.17. The maximum Gasteiger partial charge on any atom is 0.341 e. The Hall–Kier alpha value is -0.770. The highest BCUT2D eigenvalue weighted by atomic mass is 79.9. The Labute approximate surface area is 98.3 Å². The summed E-state index contributed by atoms with van der Waals surface area (Å²) in [6, 6.07) is 0. The third kappa shape index (κ3) is 3.09. The van der Waals surface area contributed by atoms with Crippen LogP contribution in [0, 0.1) is 0 Å². The molecule has 15 heavy (non-hydrogen) atoms. The molecular weight excluding hydrogens is 260 g/mol. The lowest BCUT2D eigenvalue weighted by molar-refractivity contribution is -0.138. The first-order chi connectivity index (χ1) is 7.00. The predicted molar refractivity (Wildman–Crippen MR) is 61.8 cm³/mol. The van der Waals surface area contributed by atoms with Gasteiger partial charge >= 0.3 is 5.97 Å². The number of carbonyl (C=O) groups excluding carboxylic acids is 1. The Balaban J connectivity index is 2.91. The summed E-state index contributed by atoms with van der Waals surface area (Å²) in [6.07, 6.45) is 3.61. The summed E-state index contributed by atoms with van der Waals surface area (Å²) in [7, 11) is 0. The fourth-order valence-corrected chi connectivity index (χ4v) is 1.69. The third-order valence-corrected chi connectivity index (χ3v) is 2.46. The number of halogens is 1. The number of allylic oxidation sites excluding steroid dienone is 1. The van der Waals surface area contributed by atoms with Gasteiger partial charge in [0.2, 0.25) is 0 Å². The zero-order valence-corrected chi connectivity index (χ0v) is 10.8. The van der Waals surface area contributed by atoms with Gasteiger partial charge in [0.15, 0.2) is 0 Å². The molecule has 0 aromatic rings. The van der Waals surface area contributed by atoms with Gasteiger partial charge in [0, 0.05) is 0 Å². The number of esters is 1. The van der Waals surface area contributed by atoms with Crippen molar-refractivity contribution in [1.82, 2.24) is 0 Å². The molecule has 1 aliphatic heterocycles. The Morgan fingerprint density at radius 3 is 2.80 bits per heavy atom. The molecule has 0 N–H and O–H groups in total. The molecular formula is C11H15BrO3. The van der Waals surface area contributed by atoms with E-state index < -0.39 is 0 Å². The lowest BCUT2D eigenvalue weighted by Gasteiger charge is -2.28. The minimum atomic E-state index is -0.362. The highest BCUT2D eigenvalue weighted by molar-refractivity contribution is 9.09. The number of hydrogen-bond acceptors (Lipinski definition) is 3. The second-order valence-corrected chi connectivity index (χ2v) is 4.29. The second-order valence-electron chi connectivity index (χ2n) is 3.73. The van der Waals surface area contributed by atoms with Crippen molar-refractivity contribution in [1.29, 1.82) is 0 Å². The van der Waals surface area contributed by atoms with Crippen LogP contribution in [0.2, 0.25) is 0 Å². The molecule has 0 saturated heterocycles. The highest BCUT2D eigenvalue weighted by Gasteiger charge is 2.26. The molecule has 0 aromatic heterocycles. The SMILES string of the molecule is CCOC(=O)C1=C(CBr)OC(C)(C)C=C1. The van der Waals surface area contributed by atoms with Crippen molar-refractivity contribution in [2.24, 2.45) is 0 Å². The molecule has 84 valence electrons. The summed E-state index contributed by atoms with van der Waals surface area (Å²) >= 11 is 3.30. The minimum Gasteiger partial charge on any atom is -0.486 e. The molecule has 0 atom stereocenters. The van der Waals surface area contributed by atoms with E-state index in [1.165, 1.54) is 0 Å². The fourth-order valence-electron chi connectivity index (χ4n) is 1.27. The van der Waals surface area contributed by atoms with E-state index in [1.54, 1.807) is 13.0 Å². The van der Waals surface area contributed by atoms with E-state index in [-0.39, 0.29) is 11.6 Å². The molecule has 0 saturated carbocycles. The second kappa shape index (κ2) is 4.84. The molecule has 0 unspecified atom stereocenters. The molecule has 1 aliphatic rings. The van der Waals surface area contributed by atoms with E-state index in [4.69, 9.17) is 9.47 Å². The summed E-state index contributed by atoms with van der Waals surface area (Å²) in [5.74, 6) is 0.291. The van der Waals surface area contributed by atoms with Crippen LogP contribution in [0.4, 0.5) is 0 Å². The van der Waals surface area contributed by atoms with Crippen molar-refractivity contribution >= 4 is 21.9 Å². The normalized spacial score (nSPS) is 18.7. The van der Waals surface area contributed by atoms with Crippen LogP contribution in [0.5, 0.6) is 0 Å². The van der Waals surface area contributed by atoms with Gasteiger partial charge in [0.1, 0.15) is 11.4 Å². The predicted octanol–water partition coefficient (Wildman–Crippen LogP) is 2.56. The quantitative estimate of drug-likeness (QED) is 0.586. The van der Waals surface area contributed by atoms with E-state index in [0.29, 0.717) is 23.3 Å². The van der Waals surface area contributed by atoms with Gasteiger partial charge in [-0.2, -0.15) is 0 Å². The summed E-state index contributed by atoms with van der Waals surface area (Å²) in [6.45, 7) is 6.03. The molecule has 0 aliphatic carbocycles. The lowest BCUT2D eigenvalue weighted by Crippen LogP contribution is -2.27. The van der Waals surface area contributed by atoms with Gasteiger partial charge in [0.05, 0.1) is 17.5 Å². The van der Waals surface area contributed by atoms with E-state index in [9.17, 15) is 4.79 Å². The van der Waals surface area contributed by atoms with Crippen LogP contribution in [0.3, 0.4) is 0 Å². The topological polar surface area (TPSA) is 35.5 Å². The fraction of sp³-hybridized carbons (Fsp3) is 0.545. The molecule has 3 nitrogen and oxygen atoms in total. The van der Waals surface area contributed by atoms with Gasteiger partial charge < -0.3 is 9.47 Å². The molecule has 0 radical (unpaired) electrons. The summed E-state index contributed by atoms with van der Waals surface area (Å²) in [5.41, 5.74) is 0.132. The number of hydrogen-bond donors (Lipinski definition) is 0. The Bertz CT molecular complexity index is 316. The van der Waals surface area contributed by atoms with Crippen LogP contribution in [0.15, 0.2) is 23.5 Å². The monoisotopic (exact) mass is 274 g/mol. The maximum atomic E-state index is 11.5. The van der Waals surface area contributed by atoms with E-state index >= 15 is 0 Å². The summed E-state index contributed by atoms with van der Waals surface area (Å²) in [4.78, 5) is 11.5. The van der Waals surface area contributed by atoms with E-state index in [0.717, 1.165) is 0 Å². The van der Waals surface area contributed by atoms with Gasteiger partial charge in [0.25, 0.3) is 0 Å². The zero-order chi connectivity index (χ0) is 11.5. The van der Waals surface area contributed by atoms with E-state index in [2.05, 4.69) is 15.9 Å². The summed E-state index contributed by atoms with van der Waals surface area (Å²) in [5, 5.41) is 0.509. The van der Waals surface area contributed by atoms with Crippen LogP contribution in [0.25, 0.3) is 0 Å². The number of alkyl halides is 1. The minimum absolute atomic E-state index is 0.335.